The Hall–Kier alpha value is -3.92. The first-order valence-electron chi connectivity index (χ1n) is 10.8. The second kappa shape index (κ2) is 8.79. The predicted octanol–water partition coefficient (Wildman–Crippen LogP) is 2.81. The molecule has 0 aliphatic carbocycles. The average Bonchev–Trinajstić information content (AvgIpc) is 3.29. The smallest absolute Gasteiger partial charge is 0.268 e. The van der Waals surface area contributed by atoms with Crippen LogP contribution >= 0.6 is 0 Å². The number of sulfonamides is 1. The number of para-hydroxylation sites is 1. The highest BCUT2D eigenvalue weighted by Gasteiger charge is 2.32. The van der Waals surface area contributed by atoms with Crippen molar-refractivity contribution in [1.29, 1.82) is 0 Å². The summed E-state index contributed by atoms with van der Waals surface area (Å²) in [5, 5.41) is 11.0. The zero-order valence-corrected chi connectivity index (χ0v) is 19.3. The zero-order chi connectivity index (χ0) is 23.7. The molecule has 1 amide bonds. The number of nitrogens with zero attached hydrogens (tertiary/aromatic N) is 4. The Morgan fingerprint density at radius 3 is 2.76 bits per heavy atom. The standard InChI is InChI=1S/C24H23N5O4S/c1-33-20-12-11-18(24(30)25-16-23-27-26-22-10-4-5-13-28(22)23)15-21(20)34(31,32)29-14-6-8-17-7-2-3-9-19(17)29/h2-5,7,9-13,15H,6,8,14,16H2,1H3,(H,25,30). The van der Waals surface area contributed by atoms with Gasteiger partial charge in [0.05, 0.1) is 19.3 Å². The maximum Gasteiger partial charge on any atom is 0.268 e. The van der Waals surface area contributed by atoms with Gasteiger partial charge in [0.2, 0.25) is 0 Å². The number of hydrogen-bond acceptors (Lipinski definition) is 6. The molecule has 0 radical (unpaired) electrons. The van der Waals surface area contributed by atoms with Crippen molar-refractivity contribution >= 4 is 27.3 Å². The molecular formula is C24H23N5O4S. The Kier molecular flexibility index (Phi) is 5.66. The second-order valence-corrected chi connectivity index (χ2v) is 9.73. The van der Waals surface area contributed by atoms with E-state index in [0.717, 1.165) is 12.0 Å². The SMILES string of the molecule is COc1ccc(C(=O)NCc2nnc3ccccn23)cc1S(=O)(=O)N1CCCc2ccccc21. The third kappa shape index (κ3) is 3.86. The number of carbonyl (C=O) groups is 1. The number of nitrogens with one attached hydrogen (secondary N) is 1. The lowest BCUT2D eigenvalue weighted by Crippen LogP contribution is -2.35. The second-order valence-electron chi connectivity index (χ2n) is 7.90. The number of anilines is 1. The molecule has 5 rings (SSSR count). The van der Waals surface area contributed by atoms with Gasteiger partial charge in [0.15, 0.2) is 11.5 Å². The normalized spacial score (nSPS) is 13.5. The van der Waals surface area contributed by atoms with Gasteiger partial charge in [-0.2, -0.15) is 0 Å². The van der Waals surface area contributed by atoms with Gasteiger partial charge in [-0.25, -0.2) is 8.42 Å². The topological polar surface area (TPSA) is 106 Å². The van der Waals surface area contributed by atoms with E-state index < -0.39 is 15.9 Å². The lowest BCUT2D eigenvalue weighted by atomic mass is 10.0. The lowest BCUT2D eigenvalue weighted by molar-refractivity contribution is 0.0949. The molecule has 0 atom stereocenters. The minimum Gasteiger partial charge on any atom is -0.495 e. The molecule has 0 bridgehead atoms. The molecule has 2 aromatic heterocycles. The number of hydrogen-bond donors (Lipinski definition) is 1. The van der Waals surface area contributed by atoms with Gasteiger partial charge >= 0.3 is 0 Å². The summed E-state index contributed by atoms with van der Waals surface area (Å²) >= 11 is 0. The summed E-state index contributed by atoms with van der Waals surface area (Å²) < 4.78 is 35.9. The first-order valence-corrected chi connectivity index (χ1v) is 12.3. The van der Waals surface area contributed by atoms with Gasteiger partial charge < -0.3 is 10.1 Å². The fraction of sp³-hybridized carbons (Fsp3) is 0.208. The van der Waals surface area contributed by atoms with Crippen LogP contribution in [0.15, 0.2) is 71.8 Å². The summed E-state index contributed by atoms with van der Waals surface area (Å²) in [5.41, 5.74) is 2.51. The van der Waals surface area contributed by atoms with Crippen LogP contribution in [0.2, 0.25) is 0 Å². The molecule has 9 nitrogen and oxygen atoms in total. The van der Waals surface area contributed by atoms with Crippen LogP contribution in [0, 0.1) is 0 Å². The monoisotopic (exact) mass is 477 g/mol. The molecule has 1 aliphatic heterocycles. The molecular weight excluding hydrogens is 454 g/mol. The van der Waals surface area contributed by atoms with Crippen LogP contribution in [0.25, 0.3) is 5.65 Å². The van der Waals surface area contributed by atoms with Crippen LogP contribution in [0.4, 0.5) is 5.69 Å². The molecule has 3 heterocycles. The number of ether oxygens (including phenoxy) is 1. The summed E-state index contributed by atoms with van der Waals surface area (Å²) in [6, 6.07) is 17.4. The van der Waals surface area contributed by atoms with E-state index in [1.165, 1.54) is 23.5 Å². The van der Waals surface area contributed by atoms with Crippen molar-refractivity contribution in [3.8, 4) is 5.75 Å². The number of pyridine rings is 1. The Morgan fingerprint density at radius 1 is 1.09 bits per heavy atom. The molecule has 0 spiro atoms. The van der Waals surface area contributed by atoms with Crippen molar-refractivity contribution in [2.45, 2.75) is 24.3 Å². The molecule has 34 heavy (non-hydrogen) atoms. The summed E-state index contributed by atoms with van der Waals surface area (Å²) in [6.45, 7) is 0.497. The summed E-state index contributed by atoms with van der Waals surface area (Å²) in [6.07, 6.45) is 3.34. The van der Waals surface area contributed by atoms with Crippen LogP contribution in [0.5, 0.6) is 5.75 Å². The highest BCUT2D eigenvalue weighted by molar-refractivity contribution is 7.93. The Labute approximate surface area is 197 Å². The summed E-state index contributed by atoms with van der Waals surface area (Å²) in [7, 11) is -2.55. The third-order valence-electron chi connectivity index (χ3n) is 5.85. The number of rotatable bonds is 6. The first-order chi connectivity index (χ1) is 16.5. The van der Waals surface area contributed by atoms with Crippen molar-refractivity contribution in [2.24, 2.45) is 0 Å². The van der Waals surface area contributed by atoms with Crippen molar-refractivity contribution in [3.63, 3.8) is 0 Å². The van der Waals surface area contributed by atoms with Crippen LogP contribution in [0.1, 0.15) is 28.2 Å². The lowest BCUT2D eigenvalue weighted by Gasteiger charge is -2.31. The van der Waals surface area contributed by atoms with Crippen LogP contribution in [-0.2, 0) is 23.0 Å². The van der Waals surface area contributed by atoms with Crippen molar-refractivity contribution in [2.75, 3.05) is 18.0 Å². The van der Waals surface area contributed by atoms with E-state index in [9.17, 15) is 13.2 Å². The summed E-state index contributed by atoms with van der Waals surface area (Å²) in [5.74, 6) is 0.323. The van der Waals surface area contributed by atoms with E-state index in [-0.39, 0.29) is 22.8 Å². The fourth-order valence-corrected chi connectivity index (χ4v) is 5.89. The minimum absolute atomic E-state index is 0.0488. The molecule has 2 aromatic carbocycles. The molecule has 10 heteroatoms. The number of fused-ring (bicyclic) bond motifs is 2. The van der Waals surface area contributed by atoms with Crippen LogP contribution in [-0.4, -0.2) is 42.6 Å². The number of benzene rings is 2. The third-order valence-corrected chi connectivity index (χ3v) is 7.69. The van der Waals surface area contributed by atoms with Crippen molar-refractivity contribution in [1.82, 2.24) is 19.9 Å². The Bertz CT molecular complexity index is 1480. The molecule has 0 saturated carbocycles. The van der Waals surface area contributed by atoms with E-state index >= 15 is 0 Å². The van der Waals surface area contributed by atoms with Crippen LogP contribution in [0.3, 0.4) is 0 Å². The maximum atomic E-state index is 13.7. The fourth-order valence-electron chi connectivity index (χ4n) is 4.16. The number of amides is 1. The molecule has 0 saturated heterocycles. The van der Waals surface area contributed by atoms with Crippen molar-refractivity contribution < 1.29 is 17.9 Å². The first kappa shape index (κ1) is 21.9. The average molecular weight is 478 g/mol. The Morgan fingerprint density at radius 2 is 1.91 bits per heavy atom. The van der Waals surface area contributed by atoms with Gasteiger partial charge in [-0.1, -0.05) is 24.3 Å². The maximum absolute atomic E-state index is 13.7. The van der Waals surface area contributed by atoms with E-state index in [1.807, 2.05) is 42.6 Å². The highest BCUT2D eigenvalue weighted by Crippen LogP contribution is 2.35. The largest absolute Gasteiger partial charge is 0.495 e. The van der Waals surface area contributed by atoms with Gasteiger partial charge in [-0.3, -0.25) is 13.5 Å². The van der Waals surface area contributed by atoms with Gasteiger partial charge in [0, 0.05) is 18.3 Å². The molecule has 1 N–H and O–H groups in total. The highest BCUT2D eigenvalue weighted by atomic mass is 32.2. The van der Waals surface area contributed by atoms with E-state index in [4.69, 9.17) is 4.74 Å². The molecule has 0 unspecified atom stereocenters. The van der Waals surface area contributed by atoms with E-state index in [1.54, 1.807) is 16.5 Å². The van der Waals surface area contributed by atoms with Gasteiger partial charge in [-0.05, 0) is 54.8 Å². The van der Waals surface area contributed by atoms with E-state index in [0.29, 0.717) is 30.1 Å². The van der Waals surface area contributed by atoms with Gasteiger partial charge in [0.1, 0.15) is 10.6 Å². The number of aryl methyl sites for hydroxylation is 1. The molecule has 0 fully saturated rings. The van der Waals surface area contributed by atoms with Crippen LogP contribution < -0.4 is 14.4 Å². The molecule has 4 aromatic rings. The van der Waals surface area contributed by atoms with Gasteiger partial charge in [-0.15, -0.1) is 10.2 Å². The quantitative estimate of drug-likeness (QED) is 0.458. The number of carbonyl (C=O) groups excluding carboxylic acids is 1. The van der Waals surface area contributed by atoms with Crippen molar-refractivity contribution in [3.05, 3.63) is 83.8 Å². The summed E-state index contributed by atoms with van der Waals surface area (Å²) in [4.78, 5) is 12.9. The Balaban J connectivity index is 1.44. The predicted molar refractivity (Wildman–Crippen MR) is 126 cm³/mol. The number of aromatic nitrogens is 3. The minimum atomic E-state index is -3.96. The van der Waals surface area contributed by atoms with E-state index in [2.05, 4.69) is 15.5 Å². The zero-order valence-electron chi connectivity index (χ0n) is 18.5. The van der Waals surface area contributed by atoms with Gasteiger partial charge in [0.25, 0.3) is 15.9 Å². The molecule has 174 valence electrons. The molecule has 1 aliphatic rings. The number of methoxy groups -OCH3 is 1.